The fourth-order valence-corrected chi connectivity index (χ4v) is 5.81. The summed E-state index contributed by atoms with van der Waals surface area (Å²) >= 11 is 0. The Labute approximate surface area is 157 Å². The summed E-state index contributed by atoms with van der Waals surface area (Å²) in [6, 6.07) is 0. The summed E-state index contributed by atoms with van der Waals surface area (Å²) in [5, 5.41) is 3.53. The Balaban J connectivity index is 1.31. The number of allylic oxidation sites excluding steroid dienone is 1. The first-order valence-corrected chi connectivity index (χ1v) is 10.5. The van der Waals surface area contributed by atoms with Crippen LogP contribution in [0.1, 0.15) is 39.0 Å². The second kappa shape index (κ2) is 7.61. The first-order chi connectivity index (χ1) is 12.6. The number of carbonyl (C=O) groups is 1. The number of esters is 1. The highest BCUT2D eigenvalue weighted by atomic mass is 16.6. The van der Waals surface area contributed by atoms with Crippen molar-refractivity contribution >= 4 is 5.97 Å². The number of fused-ring (bicyclic) bond motifs is 2. The fraction of sp³-hybridized carbons (Fsp3) is 0.857. The topological polar surface area (TPSA) is 50.8 Å². The standard InChI is InChI=1S/C21H34N2O3/c1-15-4-3-5-21(2)13-19-16(12-18(15)21)17(20(24)26-19)14-22-6-7-23-8-10-25-11-9-23/h16-19,22H,1,3-14H2,2H3/t16-,17-,18-,19-,21-/m1/s1. The summed E-state index contributed by atoms with van der Waals surface area (Å²) in [7, 11) is 0. The third kappa shape index (κ3) is 3.58. The lowest BCUT2D eigenvalue weighted by molar-refractivity contribution is -0.146. The van der Waals surface area contributed by atoms with Crippen molar-refractivity contribution in [3.05, 3.63) is 12.2 Å². The van der Waals surface area contributed by atoms with Gasteiger partial charge in [-0.2, -0.15) is 0 Å². The third-order valence-electron chi connectivity index (χ3n) is 7.39. The summed E-state index contributed by atoms with van der Waals surface area (Å²) in [6.07, 6.45) is 5.89. The Morgan fingerprint density at radius 3 is 2.96 bits per heavy atom. The first-order valence-electron chi connectivity index (χ1n) is 10.5. The van der Waals surface area contributed by atoms with Crippen LogP contribution in [0.4, 0.5) is 0 Å². The first kappa shape index (κ1) is 18.5. The SMILES string of the molecule is C=C1CCC[C@]2(C)C[C@H]3OC(=O)[C@H](CNCCN4CCOCC4)[C@H]3C[C@H]12. The molecular weight excluding hydrogens is 328 g/mol. The molecule has 2 saturated carbocycles. The molecule has 2 saturated heterocycles. The lowest BCUT2D eigenvalue weighted by atomic mass is 9.55. The highest BCUT2D eigenvalue weighted by molar-refractivity contribution is 5.75. The van der Waals surface area contributed by atoms with Crippen LogP contribution in [-0.4, -0.2) is 62.9 Å². The van der Waals surface area contributed by atoms with E-state index in [9.17, 15) is 4.79 Å². The van der Waals surface area contributed by atoms with Crippen molar-refractivity contribution in [3.8, 4) is 0 Å². The molecule has 146 valence electrons. The molecule has 0 bridgehead atoms. The molecule has 0 spiro atoms. The van der Waals surface area contributed by atoms with E-state index in [2.05, 4.69) is 23.7 Å². The predicted molar refractivity (Wildman–Crippen MR) is 101 cm³/mol. The van der Waals surface area contributed by atoms with E-state index in [0.29, 0.717) is 11.8 Å². The van der Waals surface area contributed by atoms with Gasteiger partial charge < -0.3 is 14.8 Å². The second-order valence-corrected chi connectivity index (χ2v) is 9.06. The highest BCUT2D eigenvalue weighted by Gasteiger charge is 2.54. The maximum Gasteiger partial charge on any atom is 0.310 e. The molecule has 0 aromatic heterocycles. The van der Waals surface area contributed by atoms with E-state index in [-0.39, 0.29) is 23.4 Å². The minimum atomic E-state index is 0.0176. The minimum Gasteiger partial charge on any atom is -0.462 e. The monoisotopic (exact) mass is 362 g/mol. The Morgan fingerprint density at radius 1 is 1.35 bits per heavy atom. The molecule has 0 aromatic carbocycles. The summed E-state index contributed by atoms with van der Waals surface area (Å²) in [5.74, 6) is 0.977. The van der Waals surface area contributed by atoms with Crippen LogP contribution in [0.5, 0.6) is 0 Å². The largest absolute Gasteiger partial charge is 0.462 e. The van der Waals surface area contributed by atoms with Gasteiger partial charge in [0.25, 0.3) is 0 Å². The zero-order chi connectivity index (χ0) is 18.1. The molecule has 1 N–H and O–H groups in total. The van der Waals surface area contributed by atoms with Gasteiger partial charge in [-0.3, -0.25) is 9.69 Å². The van der Waals surface area contributed by atoms with Crippen LogP contribution in [0.25, 0.3) is 0 Å². The normalized spacial score (nSPS) is 40.8. The smallest absolute Gasteiger partial charge is 0.310 e. The van der Waals surface area contributed by atoms with Crippen molar-refractivity contribution in [2.24, 2.45) is 23.2 Å². The van der Waals surface area contributed by atoms with Crippen LogP contribution >= 0.6 is 0 Å². The van der Waals surface area contributed by atoms with Crippen LogP contribution in [0.15, 0.2) is 12.2 Å². The Kier molecular flexibility index (Phi) is 5.40. The zero-order valence-electron chi connectivity index (χ0n) is 16.2. The summed E-state index contributed by atoms with van der Waals surface area (Å²) in [5.41, 5.74) is 1.70. The molecule has 4 rings (SSSR count). The van der Waals surface area contributed by atoms with E-state index in [0.717, 1.165) is 65.2 Å². The Morgan fingerprint density at radius 2 is 2.15 bits per heavy atom. The van der Waals surface area contributed by atoms with E-state index < -0.39 is 0 Å². The molecule has 2 aliphatic carbocycles. The molecule has 2 heterocycles. The second-order valence-electron chi connectivity index (χ2n) is 9.06. The average Bonchev–Trinajstić information content (AvgIpc) is 2.92. The molecule has 26 heavy (non-hydrogen) atoms. The number of carbonyl (C=O) groups excluding carboxylic acids is 1. The molecule has 5 heteroatoms. The van der Waals surface area contributed by atoms with Crippen molar-refractivity contribution < 1.29 is 14.3 Å². The lowest BCUT2D eigenvalue weighted by Gasteiger charge is -2.50. The Bertz CT molecular complexity index is 545. The van der Waals surface area contributed by atoms with Gasteiger partial charge in [0.1, 0.15) is 6.10 Å². The van der Waals surface area contributed by atoms with Crippen LogP contribution < -0.4 is 5.32 Å². The molecule has 0 aromatic rings. The number of nitrogens with zero attached hydrogens (tertiary/aromatic N) is 1. The molecule has 4 fully saturated rings. The van der Waals surface area contributed by atoms with Gasteiger partial charge in [-0.15, -0.1) is 0 Å². The van der Waals surface area contributed by atoms with Gasteiger partial charge in [0.2, 0.25) is 0 Å². The van der Waals surface area contributed by atoms with Crippen LogP contribution in [0, 0.1) is 23.2 Å². The minimum absolute atomic E-state index is 0.0176. The lowest BCUT2D eigenvalue weighted by Crippen LogP contribution is -2.46. The van der Waals surface area contributed by atoms with Gasteiger partial charge in [0, 0.05) is 38.6 Å². The predicted octanol–water partition coefficient (Wildman–Crippen LogP) is 2.22. The third-order valence-corrected chi connectivity index (χ3v) is 7.39. The number of ether oxygens (including phenoxy) is 2. The van der Waals surface area contributed by atoms with E-state index in [1.807, 2.05) is 0 Å². The molecule has 5 atom stereocenters. The van der Waals surface area contributed by atoms with Crippen LogP contribution in [0.3, 0.4) is 0 Å². The maximum atomic E-state index is 12.5. The number of hydrogen-bond acceptors (Lipinski definition) is 5. The van der Waals surface area contributed by atoms with Crippen LogP contribution in [0.2, 0.25) is 0 Å². The van der Waals surface area contributed by atoms with Crippen molar-refractivity contribution in [2.45, 2.75) is 45.1 Å². The summed E-state index contributed by atoms with van der Waals surface area (Å²) in [4.78, 5) is 14.9. The van der Waals surface area contributed by atoms with Gasteiger partial charge in [-0.25, -0.2) is 0 Å². The molecular formula is C21H34N2O3. The van der Waals surface area contributed by atoms with Crippen molar-refractivity contribution in [3.63, 3.8) is 0 Å². The quantitative estimate of drug-likeness (QED) is 0.462. The molecule has 5 nitrogen and oxygen atoms in total. The van der Waals surface area contributed by atoms with E-state index in [1.54, 1.807) is 0 Å². The van der Waals surface area contributed by atoms with Gasteiger partial charge in [0.15, 0.2) is 0 Å². The molecule has 0 amide bonds. The number of hydrogen-bond donors (Lipinski definition) is 1. The maximum absolute atomic E-state index is 12.5. The summed E-state index contributed by atoms with van der Waals surface area (Å²) in [6.45, 7) is 13.2. The van der Waals surface area contributed by atoms with E-state index in [1.165, 1.54) is 18.4 Å². The van der Waals surface area contributed by atoms with Gasteiger partial charge in [0.05, 0.1) is 19.1 Å². The average molecular weight is 363 g/mol. The fourth-order valence-electron chi connectivity index (χ4n) is 5.81. The molecule has 0 radical (unpaired) electrons. The van der Waals surface area contributed by atoms with E-state index >= 15 is 0 Å². The number of morpholine rings is 1. The van der Waals surface area contributed by atoms with Gasteiger partial charge in [-0.05, 0) is 43.4 Å². The Hall–Kier alpha value is -0.910. The van der Waals surface area contributed by atoms with Gasteiger partial charge >= 0.3 is 5.97 Å². The van der Waals surface area contributed by atoms with Crippen molar-refractivity contribution in [2.75, 3.05) is 45.9 Å². The van der Waals surface area contributed by atoms with E-state index in [4.69, 9.17) is 9.47 Å². The number of rotatable bonds is 5. The van der Waals surface area contributed by atoms with Crippen molar-refractivity contribution in [1.82, 2.24) is 10.2 Å². The molecule has 2 aliphatic heterocycles. The highest BCUT2D eigenvalue weighted by Crippen LogP contribution is 2.56. The van der Waals surface area contributed by atoms with Crippen LogP contribution in [-0.2, 0) is 14.3 Å². The number of nitrogens with one attached hydrogen (secondary N) is 1. The van der Waals surface area contributed by atoms with Crippen molar-refractivity contribution in [1.29, 1.82) is 0 Å². The summed E-state index contributed by atoms with van der Waals surface area (Å²) < 4.78 is 11.2. The molecule has 0 unspecified atom stereocenters. The van der Waals surface area contributed by atoms with Gasteiger partial charge in [-0.1, -0.05) is 19.1 Å². The molecule has 4 aliphatic rings. The zero-order valence-corrected chi connectivity index (χ0v) is 16.2.